The van der Waals surface area contributed by atoms with Crippen molar-refractivity contribution in [2.24, 2.45) is 0 Å². The van der Waals surface area contributed by atoms with E-state index in [4.69, 9.17) is 4.74 Å². The van der Waals surface area contributed by atoms with Crippen molar-refractivity contribution in [2.75, 3.05) is 7.05 Å². The third-order valence-corrected chi connectivity index (χ3v) is 3.68. The lowest BCUT2D eigenvalue weighted by Crippen LogP contribution is -2.05. The van der Waals surface area contributed by atoms with Crippen LogP contribution in [0.4, 0.5) is 0 Å². The Kier molecular flexibility index (Phi) is 5.40. The summed E-state index contributed by atoms with van der Waals surface area (Å²) >= 11 is 0. The lowest BCUT2D eigenvalue weighted by Gasteiger charge is -2.13. The zero-order chi connectivity index (χ0) is 15.2. The van der Waals surface area contributed by atoms with Crippen molar-refractivity contribution >= 4 is 0 Å². The molecule has 0 aliphatic heterocycles. The lowest BCUT2D eigenvalue weighted by molar-refractivity contribution is 0.303. The van der Waals surface area contributed by atoms with E-state index in [2.05, 4.69) is 68.6 Å². The van der Waals surface area contributed by atoms with Gasteiger partial charge in [0.05, 0.1) is 0 Å². The molecule has 0 amide bonds. The summed E-state index contributed by atoms with van der Waals surface area (Å²) in [4.78, 5) is 0. The first kappa shape index (κ1) is 15.6. The van der Waals surface area contributed by atoms with Gasteiger partial charge in [0.1, 0.15) is 12.4 Å². The van der Waals surface area contributed by atoms with Crippen LogP contribution in [0.15, 0.2) is 42.5 Å². The van der Waals surface area contributed by atoms with Crippen molar-refractivity contribution in [1.29, 1.82) is 0 Å². The van der Waals surface area contributed by atoms with E-state index in [0.717, 1.165) is 12.3 Å². The Morgan fingerprint density at radius 1 is 1.00 bits per heavy atom. The highest BCUT2D eigenvalue weighted by Crippen LogP contribution is 2.25. The van der Waals surface area contributed by atoms with E-state index in [1.165, 1.54) is 22.3 Å². The summed E-state index contributed by atoms with van der Waals surface area (Å²) in [6.07, 6.45) is 0. The highest BCUT2D eigenvalue weighted by atomic mass is 16.5. The number of hydrogen-bond acceptors (Lipinski definition) is 2. The van der Waals surface area contributed by atoms with E-state index in [-0.39, 0.29) is 0 Å². The van der Waals surface area contributed by atoms with Gasteiger partial charge in [0.2, 0.25) is 0 Å². The Morgan fingerprint density at radius 2 is 1.67 bits per heavy atom. The summed E-state index contributed by atoms with van der Waals surface area (Å²) in [6, 6.07) is 15.0. The normalized spacial score (nSPS) is 10.9. The zero-order valence-corrected chi connectivity index (χ0v) is 13.4. The van der Waals surface area contributed by atoms with Crippen LogP contribution in [-0.2, 0) is 13.2 Å². The summed E-state index contributed by atoms with van der Waals surface area (Å²) < 4.78 is 6.00. The average Bonchev–Trinajstić information content (AvgIpc) is 2.48. The first-order valence-corrected chi connectivity index (χ1v) is 7.56. The summed E-state index contributed by atoms with van der Waals surface area (Å²) in [5, 5.41) is 3.15. The van der Waals surface area contributed by atoms with Crippen LogP contribution in [0.2, 0.25) is 0 Å². The minimum atomic E-state index is 0.522. The van der Waals surface area contributed by atoms with Crippen LogP contribution in [0.3, 0.4) is 0 Å². The van der Waals surface area contributed by atoms with E-state index < -0.39 is 0 Å². The Bertz CT molecular complexity index is 573. The standard InChI is InChI=1S/C19H25NO/c1-14(2)18-10-5-15(3)19(11-18)21-13-17-8-6-16(7-9-17)12-20-4/h5-11,14,20H,12-13H2,1-4H3. The fraction of sp³-hybridized carbons (Fsp3) is 0.368. The predicted octanol–water partition coefficient (Wildman–Crippen LogP) is 4.42. The molecular weight excluding hydrogens is 258 g/mol. The molecule has 21 heavy (non-hydrogen) atoms. The predicted molar refractivity (Wildman–Crippen MR) is 88.8 cm³/mol. The van der Waals surface area contributed by atoms with Gasteiger partial charge in [-0.05, 0) is 48.2 Å². The van der Waals surface area contributed by atoms with Crippen molar-refractivity contribution < 1.29 is 4.74 Å². The fourth-order valence-corrected chi connectivity index (χ4v) is 2.25. The summed E-state index contributed by atoms with van der Waals surface area (Å²) in [6.45, 7) is 8.01. The molecule has 2 aromatic carbocycles. The molecule has 0 saturated heterocycles. The number of hydrogen-bond donors (Lipinski definition) is 1. The lowest BCUT2D eigenvalue weighted by atomic mass is 10.0. The van der Waals surface area contributed by atoms with Crippen LogP contribution in [-0.4, -0.2) is 7.05 Å². The maximum absolute atomic E-state index is 6.00. The smallest absolute Gasteiger partial charge is 0.122 e. The number of benzene rings is 2. The van der Waals surface area contributed by atoms with Gasteiger partial charge in [-0.1, -0.05) is 50.2 Å². The highest BCUT2D eigenvalue weighted by molar-refractivity contribution is 5.38. The third-order valence-electron chi connectivity index (χ3n) is 3.68. The fourth-order valence-electron chi connectivity index (χ4n) is 2.25. The van der Waals surface area contributed by atoms with E-state index in [1.54, 1.807) is 0 Å². The Labute approximate surface area is 128 Å². The van der Waals surface area contributed by atoms with Gasteiger partial charge in [-0.2, -0.15) is 0 Å². The second-order valence-corrected chi connectivity index (χ2v) is 5.82. The molecule has 0 aliphatic rings. The first-order valence-electron chi connectivity index (χ1n) is 7.56. The highest BCUT2D eigenvalue weighted by Gasteiger charge is 2.05. The molecule has 0 unspecified atom stereocenters. The second kappa shape index (κ2) is 7.28. The van der Waals surface area contributed by atoms with Gasteiger partial charge in [-0.3, -0.25) is 0 Å². The van der Waals surface area contributed by atoms with Gasteiger partial charge < -0.3 is 10.1 Å². The van der Waals surface area contributed by atoms with E-state index in [0.29, 0.717) is 12.5 Å². The number of aryl methyl sites for hydroxylation is 1. The van der Waals surface area contributed by atoms with Crippen molar-refractivity contribution in [3.05, 3.63) is 64.7 Å². The molecular formula is C19H25NO. The van der Waals surface area contributed by atoms with Gasteiger partial charge >= 0.3 is 0 Å². The van der Waals surface area contributed by atoms with Gasteiger partial charge in [-0.15, -0.1) is 0 Å². The molecule has 0 saturated carbocycles. The Morgan fingerprint density at radius 3 is 2.29 bits per heavy atom. The van der Waals surface area contributed by atoms with Gasteiger partial charge in [0, 0.05) is 6.54 Å². The van der Waals surface area contributed by atoms with E-state index in [9.17, 15) is 0 Å². The summed E-state index contributed by atoms with van der Waals surface area (Å²) in [7, 11) is 1.96. The second-order valence-electron chi connectivity index (χ2n) is 5.82. The van der Waals surface area contributed by atoms with E-state index >= 15 is 0 Å². The monoisotopic (exact) mass is 283 g/mol. The van der Waals surface area contributed by atoms with Gasteiger partial charge in [0.25, 0.3) is 0 Å². The van der Waals surface area contributed by atoms with Crippen molar-refractivity contribution in [2.45, 2.75) is 39.8 Å². The molecule has 0 atom stereocenters. The molecule has 2 aromatic rings. The number of rotatable bonds is 6. The van der Waals surface area contributed by atoms with Crippen molar-refractivity contribution in [3.8, 4) is 5.75 Å². The summed E-state index contributed by atoms with van der Waals surface area (Å²) in [5.74, 6) is 1.51. The quantitative estimate of drug-likeness (QED) is 0.847. The van der Waals surface area contributed by atoms with Crippen molar-refractivity contribution in [3.63, 3.8) is 0 Å². The zero-order valence-electron chi connectivity index (χ0n) is 13.4. The molecule has 0 fully saturated rings. The van der Waals surface area contributed by atoms with Crippen LogP contribution in [0, 0.1) is 6.92 Å². The third kappa shape index (κ3) is 4.33. The molecule has 2 heteroatoms. The molecule has 0 bridgehead atoms. The van der Waals surface area contributed by atoms with E-state index in [1.807, 2.05) is 7.05 Å². The van der Waals surface area contributed by atoms with Crippen LogP contribution in [0.1, 0.15) is 42.0 Å². The Hall–Kier alpha value is -1.80. The largest absolute Gasteiger partial charge is 0.489 e. The molecule has 0 aromatic heterocycles. The number of ether oxygens (including phenoxy) is 1. The first-order chi connectivity index (χ1) is 10.1. The minimum Gasteiger partial charge on any atom is -0.489 e. The van der Waals surface area contributed by atoms with Gasteiger partial charge in [-0.25, -0.2) is 0 Å². The number of nitrogens with one attached hydrogen (secondary N) is 1. The van der Waals surface area contributed by atoms with Crippen molar-refractivity contribution in [1.82, 2.24) is 5.32 Å². The van der Waals surface area contributed by atoms with Crippen LogP contribution < -0.4 is 10.1 Å². The molecule has 2 rings (SSSR count). The SMILES string of the molecule is CNCc1ccc(COc2cc(C(C)C)ccc2C)cc1. The molecule has 0 heterocycles. The van der Waals surface area contributed by atoms with Gasteiger partial charge in [0.15, 0.2) is 0 Å². The molecule has 112 valence electrons. The maximum atomic E-state index is 6.00. The molecule has 0 radical (unpaired) electrons. The van der Waals surface area contributed by atoms with Crippen LogP contribution in [0.5, 0.6) is 5.75 Å². The Balaban J connectivity index is 2.03. The summed E-state index contributed by atoms with van der Waals surface area (Å²) in [5.41, 5.74) is 5.00. The topological polar surface area (TPSA) is 21.3 Å². The maximum Gasteiger partial charge on any atom is 0.122 e. The van der Waals surface area contributed by atoms with Crippen LogP contribution >= 0.6 is 0 Å². The van der Waals surface area contributed by atoms with Crippen LogP contribution in [0.25, 0.3) is 0 Å². The molecule has 1 N–H and O–H groups in total. The molecule has 2 nitrogen and oxygen atoms in total. The average molecular weight is 283 g/mol. The molecule has 0 aliphatic carbocycles. The molecule has 0 spiro atoms. The minimum absolute atomic E-state index is 0.522.